The zero-order valence-corrected chi connectivity index (χ0v) is 22.7. The molecule has 0 saturated carbocycles. The Labute approximate surface area is 223 Å². The first-order valence-corrected chi connectivity index (χ1v) is 12.6. The summed E-state index contributed by atoms with van der Waals surface area (Å²) in [5.41, 5.74) is 0.138. The maximum Gasteiger partial charge on any atom is 0.408 e. The topological polar surface area (TPSA) is 137 Å². The van der Waals surface area contributed by atoms with Gasteiger partial charge >= 0.3 is 6.09 Å². The molecule has 2 atom stereocenters. The number of nitrogens with one attached hydrogen (secondary N) is 2. The molecule has 2 aromatic rings. The molecule has 2 unspecified atom stereocenters. The molecular weight excluding hydrogens is 490 g/mol. The molecule has 4 N–H and O–H groups in total. The van der Waals surface area contributed by atoms with Crippen molar-refractivity contribution in [3.63, 3.8) is 0 Å². The largest absolute Gasteiger partial charge is 0.508 e. The third kappa shape index (κ3) is 9.26. The zero-order chi connectivity index (χ0) is 28.3. The van der Waals surface area contributed by atoms with Gasteiger partial charge in [-0.1, -0.05) is 31.9 Å². The Morgan fingerprint density at radius 2 is 1.63 bits per heavy atom. The summed E-state index contributed by atoms with van der Waals surface area (Å²) in [7, 11) is 1.54. The van der Waals surface area contributed by atoms with Gasteiger partial charge in [-0.05, 0) is 69.2 Å². The Morgan fingerprint density at radius 3 is 2.16 bits per heavy atom. The number of hydrogen-bond donors (Lipinski definition) is 4. The quantitative estimate of drug-likeness (QED) is 0.305. The minimum atomic E-state index is -1.33. The number of phenolic OH excluding ortho intramolecular Hbond substituents is 1. The molecule has 0 bridgehead atoms. The Kier molecular flexibility index (Phi) is 11.4. The van der Waals surface area contributed by atoms with Crippen molar-refractivity contribution in [3.05, 3.63) is 54.1 Å². The van der Waals surface area contributed by atoms with Crippen LogP contribution in [0.3, 0.4) is 0 Å². The second-order valence-electron chi connectivity index (χ2n) is 9.83. The van der Waals surface area contributed by atoms with Gasteiger partial charge in [0.15, 0.2) is 0 Å². The minimum Gasteiger partial charge on any atom is -0.508 e. The molecule has 0 aromatic heterocycles. The number of nitrogens with zero attached hydrogens (tertiary/aromatic N) is 1. The molecule has 3 amide bonds. The summed E-state index contributed by atoms with van der Waals surface area (Å²) in [4.78, 5) is 41.2. The SMILES string of the molecule is CCCCCN(C(=O)C(CO)NC(=O)OC(C)(C)C)C(C(=O)Nc1ccc(OC)cc1)c1ccc(O)cc1. The smallest absolute Gasteiger partial charge is 0.408 e. The standard InChI is InChI=1S/C28H39N3O7/c1-6-7-8-17-31(26(35)23(18-32)30-27(36)38-28(2,3)4)24(19-9-13-21(33)14-10-19)25(34)29-20-11-15-22(37-5)16-12-20/h9-16,23-24,32-33H,6-8,17-18H2,1-5H3,(H,29,34)(H,30,36). The number of unbranched alkanes of at least 4 members (excludes halogenated alkanes) is 2. The van der Waals surface area contributed by atoms with Crippen molar-refractivity contribution < 1.29 is 34.1 Å². The molecule has 10 nitrogen and oxygen atoms in total. The Hall–Kier alpha value is -3.79. The first-order chi connectivity index (χ1) is 18.0. The van der Waals surface area contributed by atoms with Crippen LogP contribution in [0.25, 0.3) is 0 Å². The lowest BCUT2D eigenvalue weighted by molar-refractivity contribution is -0.141. The van der Waals surface area contributed by atoms with Gasteiger partial charge in [-0.15, -0.1) is 0 Å². The molecular formula is C28H39N3O7. The van der Waals surface area contributed by atoms with Gasteiger partial charge in [-0.25, -0.2) is 4.79 Å². The van der Waals surface area contributed by atoms with Crippen molar-refractivity contribution >= 4 is 23.6 Å². The molecule has 0 saturated heterocycles. The Morgan fingerprint density at radius 1 is 1.00 bits per heavy atom. The van der Waals surface area contributed by atoms with E-state index in [2.05, 4.69) is 10.6 Å². The number of amides is 3. The lowest BCUT2D eigenvalue weighted by atomic mass is 10.0. The number of rotatable bonds is 12. The van der Waals surface area contributed by atoms with E-state index in [0.717, 1.165) is 12.8 Å². The number of carbonyl (C=O) groups is 3. The van der Waals surface area contributed by atoms with Crippen LogP contribution >= 0.6 is 0 Å². The number of anilines is 1. The van der Waals surface area contributed by atoms with Gasteiger partial charge in [0.1, 0.15) is 29.2 Å². The molecule has 208 valence electrons. The van der Waals surface area contributed by atoms with E-state index in [1.165, 1.54) is 24.1 Å². The first kappa shape index (κ1) is 30.4. The average molecular weight is 530 g/mol. The van der Waals surface area contributed by atoms with Gasteiger partial charge in [0.25, 0.3) is 5.91 Å². The molecule has 10 heteroatoms. The summed E-state index contributed by atoms with van der Waals surface area (Å²) in [6, 6.07) is 10.3. The van der Waals surface area contributed by atoms with Crippen molar-refractivity contribution in [1.29, 1.82) is 0 Å². The summed E-state index contributed by atoms with van der Waals surface area (Å²) in [5.74, 6) is -0.516. The molecule has 0 radical (unpaired) electrons. The highest BCUT2D eigenvalue weighted by molar-refractivity contribution is 5.99. The predicted octanol–water partition coefficient (Wildman–Crippen LogP) is 3.99. The van der Waals surface area contributed by atoms with Gasteiger partial charge in [-0.2, -0.15) is 0 Å². The number of phenols is 1. The third-order valence-corrected chi connectivity index (χ3v) is 5.58. The maximum absolute atomic E-state index is 13.7. The average Bonchev–Trinajstić information content (AvgIpc) is 2.86. The number of carbonyl (C=O) groups excluding carboxylic acids is 3. The molecule has 38 heavy (non-hydrogen) atoms. The number of alkyl carbamates (subject to hydrolysis) is 1. The van der Waals surface area contributed by atoms with Crippen LogP contribution in [0.2, 0.25) is 0 Å². The number of benzene rings is 2. The van der Waals surface area contributed by atoms with Crippen LogP contribution < -0.4 is 15.4 Å². The highest BCUT2D eigenvalue weighted by Gasteiger charge is 2.36. The third-order valence-electron chi connectivity index (χ3n) is 5.58. The number of aromatic hydroxyl groups is 1. The van der Waals surface area contributed by atoms with E-state index in [4.69, 9.17) is 9.47 Å². The van der Waals surface area contributed by atoms with Crippen LogP contribution in [0.1, 0.15) is 58.6 Å². The molecule has 2 aromatic carbocycles. The van der Waals surface area contributed by atoms with E-state index in [0.29, 0.717) is 23.4 Å². The Bertz CT molecular complexity index is 1050. The molecule has 0 aliphatic rings. The zero-order valence-electron chi connectivity index (χ0n) is 22.7. The minimum absolute atomic E-state index is 0.00625. The second-order valence-corrected chi connectivity index (χ2v) is 9.83. The van der Waals surface area contributed by atoms with Crippen LogP contribution in [-0.2, 0) is 14.3 Å². The summed E-state index contributed by atoms with van der Waals surface area (Å²) >= 11 is 0. The summed E-state index contributed by atoms with van der Waals surface area (Å²) in [5, 5.41) is 25.1. The van der Waals surface area contributed by atoms with Gasteiger partial charge in [-0.3, -0.25) is 9.59 Å². The fourth-order valence-electron chi connectivity index (χ4n) is 3.75. The Balaban J connectivity index is 2.44. The van der Waals surface area contributed by atoms with E-state index in [1.54, 1.807) is 57.2 Å². The van der Waals surface area contributed by atoms with E-state index in [1.807, 2.05) is 6.92 Å². The van der Waals surface area contributed by atoms with Gasteiger partial charge in [0, 0.05) is 12.2 Å². The van der Waals surface area contributed by atoms with Crippen LogP contribution in [0.5, 0.6) is 11.5 Å². The van der Waals surface area contributed by atoms with Crippen molar-refractivity contribution in [2.75, 3.05) is 25.6 Å². The lowest BCUT2D eigenvalue weighted by Crippen LogP contribution is -2.54. The lowest BCUT2D eigenvalue weighted by Gasteiger charge is -2.34. The summed E-state index contributed by atoms with van der Waals surface area (Å²) in [6.45, 7) is 6.57. The van der Waals surface area contributed by atoms with Gasteiger partial charge in [0.2, 0.25) is 5.91 Å². The summed E-state index contributed by atoms with van der Waals surface area (Å²) < 4.78 is 10.4. The number of ether oxygens (including phenoxy) is 2. The van der Waals surface area contributed by atoms with E-state index in [9.17, 15) is 24.6 Å². The van der Waals surface area contributed by atoms with E-state index < -0.39 is 42.2 Å². The predicted molar refractivity (Wildman–Crippen MR) is 144 cm³/mol. The normalized spacial score (nSPS) is 12.7. The van der Waals surface area contributed by atoms with Gasteiger partial charge < -0.3 is 35.2 Å². The van der Waals surface area contributed by atoms with Crippen molar-refractivity contribution in [1.82, 2.24) is 10.2 Å². The van der Waals surface area contributed by atoms with Crippen LogP contribution in [0.15, 0.2) is 48.5 Å². The molecule has 0 aliphatic carbocycles. The monoisotopic (exact) mass is 529 g/mol. The molecule has 2 rings (SSSR count). The maximum atomic E-state index is 13.7. The highest BCUT2D eigenvalue weighted by Crippen LogP contribution is 2.27. The van der Waals surface area contributed by atoms with Crippen LogP contribution in [0, 0.1) is 0 Å². The number of methoxy groups -OCH3 is 1. The summed E-state index contributed by atoms with van der Waals surface area (Å²) in [6.07, 6.45) is 1.42. The van der Waals surface area contributed by atoms with E-state index >= 15 is 0 Å². The number of aliphatic hydroxyl groups is 1. The number of aliphatic hydroxyl groups excluding tert-OH is 1. The van der Waals surface area contributed by atoms with E-state index in [-0.39, 0.29) is 12.3 Å². The number of hydrogen-bond acceptors (Lipinski definition) is 7. The van der Waals surface area contributed by atoms with Crippen molar-refractivity contribution in [2.24, 2.45) is 0 Å². The molecule has 0 fully saturated rings. The molecule has 0 aliphatic heterocycles. The van der Waals surface area contributed by atoms with Crippen LogP contribution in [-0.4, -0.2) is 64.9 Å². The fourth-order valence-corrected chi connectivity index (χ4v) is 3.75. The first-order valence-electron chi connectivity index (χ1n) is 12.6. The van der Waals surface area contributed by atoms with Crippen LogP contribution in [0.4, 0.5) is 10.5 Å². The molecule has 0 heterocycles. The van der Waals surface area contributed by atoms with Crippen molar-refractivity contribution in [2.45, 2.75) is 64.6 Å². The van der Waals surface area contributed by atoms with Gasteiger partial charge in [0.05, 0.1) is 13.7 Å². The molecule has 0 spiro atoms. The fraction of sp³-hybridized carbons (Fsp3) is 0.464. The highest BCUT2D eigenvalue weighted by atomic mass is 16.6. The van der Waals surface area contributed by atoms with Crippen molar-refractivity contribution in [3.8, 4) is 11.5 Å². The second kappa shape index (κ2) is 14.2.